The maximum absolute atomic E-state index is 10.9. The largest absolute Gasteiger partial charge is 0.311 e. The Morgan fingerprint density at radius 3 is 3.00 bits per heavy atom. The van der Waals surface area contributed by atoms with E-state index in [2.05, 4.69) is 9.97 Å². The van der Waals surface area contributed by atoms with Gasteiger partial charge in [-0.15, -0.1) is 11.6 Å². The summed E-state index contributed by atoms with van der Waals surface area (Å²) in [6, 6.07) is 0. The van der Waals surface area contributed by atoms with Crippen molar-refractivity contribution in [3.63, 3.8) is 0 Å². The number of hydrogen-bond donors (Lipinski definition) is 1. The highest BCUT2D eigenvalue weighted by atomic mass is 35.5. The van der Waals surface area contributed by atoms with Gasteiger partial charge in [0.1, 0.15) is 5.82 Å². The summed E-state index contributed by atoms with van der Waals surface area (Å²) in [5, 5.41) is 0. The Morgan fingerprint density at radius 1 is 1.80 bits per heavy atom. The highest BCUT2D eigenvalue weighted by molar-refractivity contribution is 6.16. The molecule has 1 rings (SSSR count). The zero-order valence-electron chi connectivity index (χ0n) is 5.52. The first-order valence-corrected chi connectivity index (χ1v) is 3.38. The molecular formula is C6H7ClN2O. The summed E-state index contributed by atoms with van der Waals surface area (Å²) in [7, 11) is 0. The molecule has 1 aromatic rings. The van der Waals surface area contributed by atoms with Gasteiger partial charge in [-0.3, -0.25) is 4.79 Å². The van der Waals surface area contributed by atoms with Crippen LogP contribution < -0.4 is 5.56 Å². The van der Waals surface area contributed by atoms with Gasteiger partial charge in [-0.05, 0) is 6.92 Å². The topological polar surface area (TPSA) is 45.8 Å². The lowest BCUT2D eigenvalue weighted by molar-refractivity contribution is 0.987. The van der Waals surface area contributed by atoms with Crippen molar-refractivity contribution in [2.75, 3.05) is 0 Å². The highest BCUT2D eigenvalue weighted by Crippen LogP contribution is 1.92. The Hall–Kier alpha value is -0.830. The van der Waals surface area contributed by atoms with Gasteiger partial charge in [0.2, 0.25) is 0 Å². The first-order chi connectivity index (χ1) is 4.74. The van der Waals surface area contributed by atoms with E-state index in [1.54, 1.807) is 6.92 Å². The van der Waals surface area contributed by atoms with E-state index >= 15 is 0 Å². The molecule has 0 spiro atoms. The van der Waals surface area contributed by atoms with E-state index in [9.17, 15) is 4.79 Å². The molecule has 0 aromatic carbocycles. The van der Waals surface area contributed by atoms with E-state index < -0.39 is 0 Å². The second-order valence-electron chi connectivity index (χ2n) is 1.96. The molecule has 0 atom stereocenters. The Balaban J connectivity index is 3.20. The summed E-state index contributed by atoms with van der Waals surface area (Å²) in [5.41, 5.74) is 0.356. The van der Waals surface area contributed by atoms with E-state index in [4.69, 9.17) is 11.6 Å². The number of aromatic amines is 1. The molecule has 1 heterocycles. The summed E-state index contributed by atoms with van der Waals surface area (Å²) in [6.07, 6.45) is 1.49. The highest BCUT2D eigenvalue weighted by Gasteiger charge is 1.96. The van der Waals surface area contributed by atoms with Crippen LogP contribution in [-0.4, -0.2) is 9.97 Å². The zero-order chi connectivity index (χ0) is 7.56. The van der Waals surface area contributed by atoms with Crippen LogP contribution in [0.3, 0.4) is 0 Å². The summed E-state index contributed by atoms with van der Waals surface area (Å²) in [5.74, 6) is 0.821. The second kappa shape index (κ2) is 2.84. The number of rotatable bonds is 1. The standard InChI is InChI=1S/C6H7ClN2O/c1-4-8-3-5(2-7)6(10)9-4/h3H,2H2,1H3,(H,8,9,10). The van der Waals surface area contributed by atoms with Crippen LogP contribution in [0.4, 0.5) is 0 Å². The number of aromatic nitrogens is 2. The third-order valence-electron chi connectivity index (χ3n) is 1.14. The first-order valence-electron chi connectivity index (χ1n) is 2.85. The van der Waals surface area contributed by atoms with E-state index in [0.717, 1.165) is 0 Å². The lowest BCUT2D eigenvalue weighted by Crippen LogP contribution is -2.13. The molecule has 0 bridgehead atoms. The van der Waals surface area contributed by atoms with Crippen LogP contribution in [0.1, 0.15) is 11.4 Å². The third-order valence-corrected chi connectivity index (χ3v) is 1.43. The molecule has 0 aliphatic heterocycles. The number of halogens is 1. The Bertz CT molecular complexity index is 281. The van der Waals surface area contributed by atoms with Crippen LogP contribution in [0.15, 0.2) is 11.0 Å². The van der Waals surface area contributed by atoms with Gasteiger partial charge in [-0.1, -0.05) is 0 Å². The van der Waals surface area contributed by atoms with Gasteiger partial charge in [0.05, 0.1) is 11.4 Å². The van der Waals surface area contributed by atoms with Crippen LogP contribution in [0.25, 0.3) is 0 Å². The van der Waals surface area contributed by atoms with Crippen molar-refractivity contribution in [3.05, 3.63) is 27.9 Å². The number of alkyl halides is 1. The average molecular weight is 159 g/mol. The van der Waals surface area contributed by atoms with Crippen molar-refractivity contribution in [2.45, 2.75) is 12.8 Å². The molecule has 0 saturated carbocycles. The minimum absolute atomic E-state index is 0.150. The monoisotopic (exact) mass is 158 g/mol. The van der Waals surface area contributed by atoms with Crippen molar-refractivity contribution < 1.29 is 0 Å². The maximum Gasteiger partial charge on any atom is 0.255 e. The fourth-order valence-electron chi connectivity index (χ4n) is 0.605. The molecule has 1 aromatic heterocycles. The lowest BCUT2D eigenvalue weighted by Gasteiger charge is -1.92. The molecule has 54 valence electrons. The summed E-state index contributed by atoms with van der Waals surface area (Å²) in [4.78, 5) is 17.3. The van der Waals surface area contributed by atoms with Gasteiger partial charge in [-0.2, -0.15) is 0 Å². The van der Waals surface area contributed by atoms with Crippen molar-refractivity contribution in [1.29, 1.82) is 0 Å². The third kappa shape index (κ3) is 1.36. The molecule has 4 heteroatoms. The molecule has 0 amide bonds. The number of H-pyrrole nitrogens is 1. The molecule has 0 fully saturated rings. The second-order valence-corrected chi connectivity index (χ2v) is 2.22. The molecule has 0 aliphatic rings. The van der Waals surface area contributed by atoms with Crippen molar-refractivity contribution in [2.24, 2.45) is 0 Å². The summed E-state index contributed by atoms with van der Waals surface area (Å²) < 4.78 is 0. The SMILES string of the molecule is Cc1ncc(CCl)c(=O)[nH]1. The number of aryl methyl sites for hydroxylation is 1. The fraction of sp³-hybridized carbons (Fsp3) is 0.333. The maximum atomic E-state index is 10.9. The molecule has 0 aliphatic carbocycles. The van der Waals surface area contributed by atoms with Gasteiger partial charge < -0.3 is 4.98 Å². The van der Waals surface area contributed by atoms with Crippen LogP contribution in [-0.2, 0) is 5.88 Å². The number of nitrogens with one attached hydrogen (secondary N) is 1. The molecule has 0 unspecified atom stereocenters. The number of hydrogen-bond acceptors (Lipinski definition) is 2. The minimum atomic E-state index is -0.150. The minimum Gasteiger partial charge on any atom is -0.311 e. The van der Waals surface area contributed by atoms with Crippen molar-refractivity contribution in [1.82, 2.24) is 9.97 Å². The van der Waals surface area contributed by atoms with E-state index in [-0.39, 0.29) is 11.4 Å². The average Bonchev–Trinajstić information content (AvgIpc) is 1.88. The van der Waals surface area contributed by atoms with Crippen LogP contribution in [0, 0.1) is 6.92 Å². The van der Waals surface area contributed by atoms with Crippen molar-refractivity contribution >= 4 is 11.6 Å². The summed E-state index contributed by atoms with van der Waals surface area (Å²) in [6.45, 7) is 1.72. The smallest absolute Gasteiger partial charge is 0.255 e. The normalized spacial score (nSPS) is 9.80. The number of nitrogens with zero attached hydrogens (tertiary/aromatic N) is 1. The Morgan fingerprint density at radius 2 is 2.50 bits per heavy atom. The molecule has 1 N–H and O–H groups in total. The molecule has 10 heavy (non-hydrogen) atoms. The van der Waals surface area contributed by atoms with Crippen molar-refractivity contribution in [3.8, 4) is 0 Å². The van der Waals surface area contributed by atoms with Crippen LogP contribution >= 0.6 is 11.6 Å². The molecule has 0 radical (unpaired) electrons. The van der Waals surface area contributed by atoms with E-state index in [0.29, 0.717) is 11.4 Å². The van der Waals surface area contributed by atoms with Crippen LogP contribution in [0.5, 0.6) is 0 Å². The summed E-state index contributed by atoms with van der Waals surface area (Å²) >= 11 is 5.42. The Labute approximate surface area is 63.1 Å². The Kier molecular flexibility index (Phi) is 2.06. The predicted octanol–water partition coefficient (Wildman–Crippen LogP) is 0.817. The van der Waals surface area contributed by atoms with E-state index in [1.165, 1.54) is 6.20 Å². The molecule has 0 saturated heterocycles. The zero-order valence-corrected chi connectivity index (χ0v) is 6.27. The van der Waals surface area contributed by atoms with Gasteiger partial charge in [0.15, 0.2) is 0 Å². The van der Waals surface area contributed by atoms with E-state index in [1.807, 2.05) is 0 Å². The van der Waals surface area contributed by atoms with Gasteiger partial charge in [-0.25, -0.2) is 4.98 Å². The lowest BCUT2D eigenvalue weighted by atomic mass is 10.4. The quantitative estimate of drug-likeness (QED) is 0.615. The molecule has 3 nitrogen and oxygen atoms in total. The van der Waals surface area contributed by atoms with Gasteiger partial charge in [0.25, 0.3) is 5.56 Å². The molecular weight excluding hydrogens is 152 g/mol. The van der Waals surface area contributed by atoms with Gasteiger partial charge in [0, 0.05) is 6.20 Å². The van der Waals surface area contributed by atoms with Gasteiger partial charge >= 0.3 is 0 Å². The predicted molar refractivity (Wildman–Crippen MR) is 39.2 cm³/mol. The fourth-order valence-corrected chi connectivity index (χ4v) is 0.796. The van der Waals surface area contributed by atoms with Crippen LogP contribution in [0.2, 0.25) is 0 Å². The first kappa shape index (κ1) is 7.28.